The van der Waals surface area contributed by atoms with Gasteiger partial charge in [-0.2, -0.15) is 4.72 Å². The van der Waals surface area contributed by atoms with Gasteiger partial charge in [-0.15, -0.1) is 0 Å². The summed E-state index contributed by atoms with van der Waals surface area (Å²) in [4.78, 5) is 17.6. The fourth-order valence-electron chi connectivity index (χ4n) is 3.61. The molecule has 2 aromatic rings. The second-order valence-electron chi connectivity index (χ2n) is 8.09. The molecule has 2 aromatic carbocycles. The lowest BCUT2D eigenvalue weighted by molar-refractivity contribution is -0.123. The SMILES string of the molecule is COc1ccc(S(=O)(=O)N[C@@H](C)C(=O)NC(CN2CCN(C)CC2)c2ccccc2)cc1. The molecule has 0 aromatic heterocycles. The normalized spacial score (nSPS) is 17.5. The molecule has 8 nitrogen and oxygen atoms in total. The van der Waals surface area contributed by atoms with Gasteiger partial charge < -0.3 is 15.0 Å². The van der Waals surface area contributed by atoms with Gasteiger partial charge >= 0.3 is 0 Å². The Morgan fingerprint density at radius 3 is 2.25 bits per heavy atom. The van der Waals surface area contributed by atoms with E-state index in [1.807, 2.05) is 30.3 Å². The summed E-state index contributed by atoms with van der Waals surface area (Å²) in [5, 5.41) is 3.04. The maximum atomic E-state index is 12.9. The van der Waals surface area contributed by atoms with E-state index < -0.39 is 16.1 Å². The second kappa shape index (κ2) is 10.9. The van der Waals surface area contributed by atoms with Crippen LogP contribution in [-0.4, -0.2) is 77.0 Å². The summed E-state index contributed by atoms with van der Waals surface area (Å²) in [6.07, 6.45) is 0. The molecule has 1 unspecified atom stereocenters. The number of nitrogens with zero attached hydrogens (tertiary/aromatic N) is 2. The first kappa shape index (κ1) is 24.2. The van der Waals surface area contributed by atoms with Gasteiger partial charge in [0.25, 0.3) is 0 Å². The van der Waals surface area contributed by atoms with Crippen LogP contribution in [0.3, 0.4) is 0 Å². The minimum absolute atomic E-state index is 0.0787. The molecule has 0 aliphatic carbocycles. The number of piperazine rings is 1. The number of benzene rings is 2. The van der Waals surface area contributed by atoms with Crippen LogP contribution in [0.15, 0.2) is 59.5 Å². The zero-order chi connectivity index (χ0) is 23.1. The van der Waals surface area contributed by atoms with Crippen molar-refractivity contribution in [3.8, 4) is 5.75 Å². The van der Waals surface area contributed by atoms with Gasteiger partial charge in [-0.3, -0.25) is 9.69 Å². The molecule has 1 fully saturated rings. The highest BCUT2D eigenvalue weighted by molar-refractivity contribution is 7.89. The number of hydrogen-bond acceptors (Lipinski definition) is 6. The van der Waals surface area contributed by atoms with Crippen LogP contribution in [0.2, 0.25) is 0 Å². The van der Waals surface area contributed by atoms with Gasteiger partial charge in [-0.05, 0) is 43.8 Å². The van der Waals surface area contributed by atoms with Crippen LogP contribution in [0.25, 0.3) is 0 Å². The number of carbonyl (C=O) groups excluding carboxylic acids is 1. The number of nitrogens with one attached hydrogen (secondary N) is 2. The van der Waals surface area contributed by atoms with Crippen molar-refractivity contribution in [2.75, 3.05) is 46.9 Å². The molecule has 0 radical (unpaired) electrons. The molecular weight excluding hydrogens is 428 g/mol. The van der Waals surface area contributed by atoms with E-state index in [1.165, 1.54) is 19.2 Å². The first-order valence-electron chi connectivity index (χ1n) is 10.7. The second-order valence-corrected chi connectivity index (χ2v) is 9.81. The highest BCUT2D eigenvalue weighted by atomic mass is 32.2. The van der Waals surface area contributed by atoms with Crippen molar-refractivity contribution < 1.29 is 17.9 Å². The third kappa shape index (κ3) is 6.52. The predicted molar refractivity (Wildman–Crippen MR) is 124 cm³/mol. The molecule has 32 heavy (non-hydrogen) atoms. The molecule has 0 bridgehead atoms. The number of rotatable bonds is 9. The maximum absolute atomic E-state index is 12.9. The lowest BCUT2D eigenvalue weighted by atomic mass is 10.1. The van der Waals surface area contributed by atoms with Crippen molar-refractivity contribution in [1.82, 2.24) is 19.8 Å². The number of ether oxygens (including phenoxy) is 1. The Labute approximate surface area is 190 Å². The van der Waals surface area contributed by atoms with E-state index in [4.69, 9.17) is 4.74 Å². The van der Waals surface area contributed by atoms with Gasteiger partial charge in [0.1, 0.15) is 5.75 Å². The van der Waals surface area contributed by atoms with E-state index in [2.05, 4.69) is 26.9 Å². The van der Waals surface area contributed by atoms with E-state index in [1.54, 1.807) is 19.1 Å². The number of methoxy groups -OCH3 is 1. The number of carbonyl (C=O) groups is 1. The van der Waals surface area contributed by atoms with E-state index in [-0.39, 0.29) is 16.8 Å². The van der Waals surface area contributed by atoms with E-state index in [9.17, 15) is 13.2 Å². The zero-order valence-electron chi connectivity index (χ0n) is 18.8. The van der Waals surface area contributed by atoms with Crippen LogP contribution in [0.4, 0.5) is 0 Å². The average molecular weight is 461 g/mol. The molecular formula is C23H32N4O4S. The Morgan fingerprint density at radius 1 is 1.03 bits per heavy atom. The monoisotopic (exact) mass is 460 g/mol. The van der Waals surface area contributed by atoms with E-state index >= 15 is 0 Å². The van der Waals surface area contributed by atoms with Crippen molar-refractivity contribution in [3.63, 3.8) is 0 Å². The van der Waals surface area contributed by atoms with Crippen molar-refractivity contribution in [2.24, 2.45) is 0 Å². The standard InChI is InChI=1S/C23H32N4O4S/c1-18(25-32(29,30)21-11-9-20(31-3)10-12-21)23(28)24-22(19-7-5-4-6-8-19)17-27-15-13-26(2)14-16-27/h4-12,18,22,25H,13-17H2,1-3H3,(H,24,28)/t18-,22?/m0/s1. The molecule has 2 atom stereocenters. The van der Waals surface area contributed by atoms with Gasteiger partial charge in [0.2, 0.25) is 15.9 Å². The minimum atomic E-state index is -3.85. The van der Waals surface area contributed by atoms with Crippen LogP contribution in [0.1, 0.15) is 18.5 Å². The molecule has 174 valence electrons. The van der Waals surface area contributed by atoms with Gasteiger partial charge in [-0.1, -0.05) is 30.3 Å². The Bertz CT molecular complexity index is 975. The molecule has 1 amide bonds. The van der Waals surface area contributed by atoms with Gasteiger partial charge in [0.15, 0.2) is 0 Å². The van der Waals surface area contributed by atoms with Crippen LogP contribution < -0.4 is 14.8 Å². The first-order valence-corrected chi connectivity index (χ1v) is 12.2. The van der Waals surface area contributed by atoms with Crippen molar-refractivity contribution in [2.45, 2.75) is 23.9 Å². The summed E-state index contributed by atoms with van der Waals surface area (Å²) < 4.78 is 33.0. The lowest BCUT2D eigenvalue weighted by Crippen LogP contribution is -2.50. The van der Waals surface area contributed by atoms with Gasteiger partial charge in [-0.25, -0.2) is 8.42 Å². The minimum Gasteiger partial charge on any atom is -0.497 e. The molecule has 1 aliphatic heterocycles. The van der Waals surface area contributed by atoms with Crippen LogP contribution in [-0.2, 0) is 14.8 Å². The quantitative estimate of drug-likeness (QED) is 0.589. The van der Waals surface area contributed by atoms with Gasteiger partial charge in [0.05, 0.1) is 24.1 Å². The summed E-state index contributed by atoms with van der Waals surface area (Å²) in [7, 11) is -0.231. The summed E-state index contributed by atoms with van der Waals surface area (Å²) in [6, 6.07) is 14.6. The topological polar surface area (TPSA) is 91.0 Å². The molecule has 1 aliphatic rings. The lowest BCUT2D eigenvalue weighted by Gasteiger charge is -2.35. The maximum Gasteiger partial charge on any atom is 0.241 e. The van der Waals surface area contributed by atoms with E-state index in [0.29, 0.717) is 12.3 Å². The number of hydrogen-bond donors (Lipinski definition) is 2. The Hall–Kier alpha value is -2.46. The highest BCUT2D eigenvalue weighted by Crippen LogP contribution is 2.17. The predicted octanol–water partition coefficient (Wildman–Crippen LogP) is 1.47. The summed E-state index contributed by atoms with van der Waals surface area (Å²) in [5.41, 5.74) is 0.991. The molecule has 1 saturated heterocycles. The van der Waals surface area contributed by atoms with Crippen molar-refractivity contribution in [1.29, 1.82) is 0 Å². The molecule has 1 heterocycles. The number of sulfonamides is 1. The zero-order valence-corrected chi connectivity index (χ0v) is 19.6. The third-order valence-corrected chi connectivity index (χ3v) is 7.21. The average Bonchev–Trinajstić information content (AvgIpc) is 2.80. The highest BCUT2D eigenvalue weighted by Gasteiger charge is 2.26. The summed E-state index contributed by atoms with van der Waals surface area (Å²) in [6.45, 7) is 6.03. The Balaban J connectivity index is 1.67. The smallest absolute Gasteiger partial charge is 0.241 e. The Morgan fingerprint density at radius 2 is 1.66 bits per heavy atom. The van der Waals surface area contributed by atoms with Crippen LogP contribution >= 0.6 is 0 Å². The largest absolute Gasteiger partial charge is 0.497 e. The fourth-order valence-corrected chi connectivity index (χ4v) is 4.82. The summed E-state index contributed by atoms with van der Waals surface area (Å²) in [5.74, 6) is 0.189. The molecule has 9 heteroatoms. The molecule has 3 rings (SSSR count). The van der Waals surface area contributed by atoms with E-state index in [0.717, 1.165) is 31.7 Å². The first-order chi connectivity index (χ1) is 15.3. The Kier molecular flexibility index (Phi) is 8.25. The van der Waals surface area contributed by atoms with Crippen molar-refractivity contribution >= 4 is 15.9 Å². The third-order valence-electron chi connectivity index (χ3n) is 5.65. The molecule has 2 N–H and O–H groups in total. The molecule has 0 spiro atoms. The number of amides is 1. The molecule has 0 saturated carbocycles. The van der Waals surface area contributed by atoms with Crippen molar-refractivity contribution in [3.05, 3.63) is 60.2 Å². The fraction of sp³-hybridized carbons (Fsp3) is 0.435. The van der Waals surface area contributed by atoms with Crippen LogP contribution in [0.5, 0.6) is 5.75 Å². The van der Waals surface area contributed by atoms with Gasteiger partial charge in [0, 0.05) is 32.7 Å². The number of likely N-dealkylation sites (N-methyl/N-ethyl adjacent to an activating group) is 1. The van der Waals surface area contributed by atoms with Crippen LogP contribution in [0, 0.1) is 0 Å². The summed E-state index contributed by atoms with van der Waals surface area (Å²) >= 11 is 0.